The number of unbranched alkanes of at least 4 members (excludes halogenated alkanes) is 1. The fourth-order valence-corrected chi connectivity index (χ4v) is 6.28. The second kappa shape index (κ2) is 14.0. The van der Waals surface area contributed by atoms with Crippen molar-refractivity contribution >= 4 is 15.9 Å². The van der Waals surface area contributed by atoms with Crippen molar-refractivity contribution < 1.29 is 56.8 Å². The molecule has 12 nitrogen and oxygen atoms in total. The molecule has 0 aromatic heterocycles. The molecule has 13 heteroatoms. The van der Waals surface area contributed by atoms with Gasteiger partial charge in [0, 0.05) is 33.3 Å². The summed E-state index contributed by atoms with van der Waals surface area (Å²) in [5, 5.41) is 0.931. The number of methoxy groups -OCH3 is 3. The Bertz CT molecular complexity index is 824. The van der Waals surface area contributed by atoms with Crippen LogP contribution in [-0.2, 0) is 56.8 Å². The van der Waals surface area contributed by atoms with Crippen LogP contribution in [0.5, 0.6) is 0 Å². The Balaban J connectivity index is 1.61. The van der Waals surface area contributed by atoms with Crippen molar-refractivity contribution in [3.63, 3.8) is 0 Å². The zero-order valence-electron chi connectivity index (χ0n) is 25.8. The van der Waals surface area contributed by atoms with Crippen molar-refractivity contribution in [3.05, 3.63) is 0 Å². The first-order chi connectivity index (χ1) is 19.3. The van der Waals surface area contributed by atoms with Crippen LogP contribution in [0.25, 0.3) is 0 Å². The van der Waals surface area contributed by atoms with E-state index in [2.05, 4.69) is 15.9 Å². The van der Waals surface area contributed by atoms with Crippen molar-refractivity contribution in [1.82, 2.24) is 0 Å². The first kappa shape index (κ1) is 33.9. The minimum atomic E-state index is -0.932. The molecule has 4 saturated heterocycles. The van der Waals surface area contributed by atoms with Crippen LogP contribution in [0.1, 0.15) is 54.4 Å². The highest BCUT2D eigenvalue weighted by Gasteiger charge is 2.59. The number of rotatable bonds is 14. The van der Waals surface area contributed by atoms with E-state index >= 15 is 0 Å². The van der Waals surface area contributed by atoms with Gasteiger partial charge in [-0.1, -0.05) is 15.9 Å². The third-order valence-electron chi connectivity index (χ3n) is 7.57. The molecule has 0 N–H and O–H groups in total. The first-order valence-electron chi connectivity index (χ1n) is 14.4. The lowest BCUT2D eigenvalue weighted by Crippen LogP contribution is -2.61. The lowest BCUT2D eigenvalue weighted by atomic mass is 9.98. The zero-order valence-corrected chi connectivity index (χ0v) is 27.4. The van der Waals surface area contributed by atoms with E-state index in [1.165, 1.54) is 0 Å². The van der Waals surface area contributed by atoms with Crippen LogP contribution >= 0.6 is 15.9 Å². The molecule has 0 aromatic rings. The highest BCUT2D eigenvalue weighted by Crippen LogP contribution is 2.42. The van der Waals surface area contributed by atoms with Crippen molar-refractivity contribution in [3.8, 4) is 0 Å². The summed E-state index contributed by atoms with van der Waals surface area (Å²) in [7, 11) is 4.72. The summed E-state index contributed by atoms with van der Waals surface area (Å²) < 4.78 is 74.0. The fraction of sp³-hybridized carbons (Fsp3) is 1.00. The van der Waals surface area contributed by atoms with Crippen LogP contribution in [0.15, 0.2) is 0 Å². The normalized spacial score (nSPS) is 38.4. The SMILES string of the molecule is COC(OC)[C@@H]1OC(C)(C)O[C@H]1[C@H](O[C@@H]1O[C@H](COCCCCBr)[C@@H]2OC(C)(C)O[C@@H]2[C@H]1OC)[C@H]1COC(C)(C)O1. The maximum absolute atomic E-state index is 6.80. The predicted octanol–water partition coefficient (Wildman–Crippen LogP) is 3.11. The molecule has 0 unspecified atom stereocenters. The van der Waals surface area contributed by atoms with Gasteiger partial charge >= 0.3 is 0 Å². The minimum Gasteiger partial charge on any atom is -0.379 e. The number of fused-ring (bicyclic) bond motifs is 1. The monoisotopic (exact) mass is 656 g/mol. The van der Waals surface area contributed by atoms with E-state index in [-0.39, 0.29) is 6.61 Å². The van der Waals surface area contributed by atoms with Gasteiger partial charge in [0.05, 0.1) is 13.2 Å². The molecule has 4 rings (SSSR count). The third-order valence-corrected chi connectivity index (χ3v) is 8.13. The molecular weight excluding hydrogens is 608 g/mol. The zero-order chi connectivity index (χ0) is 30.0. The second-order valence-corrected chi connectivity index (χ2v) is 12.9. The molecule has 4 aliphatic heterocycles. The Kier molecular flexibility index (Phi) is 11.5. The lowest BCUT2D eigenvalue weighted by molar-refractivity contribution is -0.320. The summed E-state index contributed by atoms with van der Waals surface area (Å²) in [6.07, 6.45) is -4.09. The lowest BCUT2D eigenvalue weighted by Gasteiger charge is -2.44. The topological polar surface area (TPSA) is 111 Å². The van der Waals surface area contributed by atoms with Gasteiger partial charge in [-0.25, -0.2) is 0 Å². The Morgan fingerprint density at radius 2 is 1.46 bits per heavy atom. The van der Waals surface area contributed by atoms with Crippen LogP contribution in [0.4, 0.5) is 0 Å². The van der Waals surface area contributed by atoms with Crippen LogP contribution in [-0.4, -0.2) is 125 Å². The number of halogens is 1. The highest BCUT2D eigenvalue weighted by molar-refractivity contribution is 9.09. The van der Waals surface area contributed by atoms with Crippen LogP contribution in [0.3, 0.4) is 0 Å². The molecule has 0 saturated carbocycles. The first-order valence-corrected chi connectivity index (χ1v) is 15.5. The highest BCUT2D eigenvalue weighted by atomic mass is 79.9. The maximum atomic E-state index is 6.80. The molecule has 4 heterocycles. The van der Waals surface area contributed by atoms with E-state index in [0.717, 1.165) is 18.2 Å². The number of ether oxygens (including phenoxy) is 12. The number of hydrogen-bond donors (Lipinski definition) is 0. The average molecular weight is 658 g/mol. The molecule has 240 valence electrons. The number of hydrogen-bond acceptors (Lipinski definition) is 12. The summed E-state index contributed by atoms with van der Waals surface area (Å²) in [6, 6.07) is 0. The van der Waals surface area contributed by atoms with Gasteiger partial charge in [0.2, 0.25) is 0 Å². The van der Waals surface area contributed by atoms with Crippen LogP contribution < -0.4 is 0 Å². The average Bonchev–Trinajstić information content (AvgIpc) is 3.53. The van der Waals surface area contributed by atoms with E-state index in [1.54, 1.807) is 21.3 Å². The largest absolute Gasteiger partial charge is 0.379 e. The Morgan fingerprint density at radius 1 is 0.805 bits per heavy atom. The maximum Gasteiger partial charge on any atom is 0.187 e. The quantitative estimate of drug-likeness (QED) is 0.156. The van der Waals surface area contributed by atoms with E-state index in [4.69, 9.17) is 56.8 Å². The van der Waals surface area contributed by atoms with Gasteiger partial charge in [0.1, 0.15) is 48.8 Å². The van der Waals surface area contributed by atoms with Crippen molar-refractivity contribution in [2.45, 2.75) is 133 Å². The molecule has 0 spiro atoms. The van der Waals surface area contributed by atoms with E-state index < -0.39 is 78.8 Å². The predicted molar refractivity (Wildman–Crippen MR) is 149 cm³/mol. The van der Waals surface area contributed by atoms with Gasteiger partial charge in [-0.05, 0) is 54.4 Å². The Hall–Kier alpha value is -0.0000000000000000694. The molecule has 0 aromatic carbocycles. The third kappa shape index (κ3) is 8.19. The van der Waals surface area contributed by atoms with Gasteiger partial charge < -0.3 is 56.8 Å². The fourth-order valence-electron chi connectivity index (χ4n) is 5.88. The van der Waals surface area contributed by atoms with Crippen LogP contribution in [0.2, 0.25) is 0 Å². The molecule has 4 fully saturated rings. The minimum absolute atomic E-state index is 0.276. The van der Waals surface area contributed by atoms with Crippen molar-refractivity contribution in [2.24, 2.45) is 0 Å². The molecular formula is C28H49BrO12. The Labute approximate surface area is 252 Å². The standard InChI is InChI=1S/C28H49BrO12/c1-26(2)34-15-17(37-26)18(20-23(24(31-8)32-9)41-28(5,6)39-20)36-25-22(30-7)21-19(38-27(3,4)40-21)16(35-25)14-33-13-11-10-12-29/h16-25H,10-15H2,1-9H3/t16-,17-,18-,19+,20+,21+,22-,23-,25+/m1/s1. The van der Waals surface area contributed by atoms with E-state index in [0.29, 0.717) is 13.2 Å². The van der Waals surface area contributed by atoms with Gasteiger partial charge in [0.15, 0.2) is 29.9 Å². The summed E-state index contributed by atoms with van der Waals surface area (Å²) in [6.45, 7) is 12.3. The molecule has 0 radical (unpaired) electrons. The molecule has 0 aliphatic carbocycles. The summed E-state index contributed by atoms with van der Waals surface area (Å²) in [5.41, 5.74) is 0. The summed E-state index contributed by atoms with van der Waals surface area (Å²) >= 11 is 3.46. The van der Waals surface area contributed by atoms with Gasteiger partial charge in [-0.15, -0.1) is 0 Å². The molecule has 0 amide bonds. The van der Waals surface area contributed by atoms with Crippen molar-refractivity contribution in [1.29, 1.82) is 0 Å². The van der Waals surface area contributed by atoms with Gasteiger partial charge in [-0.3, -0.25) is 0 Å². The second-order valence-electron chi connectivity index (χ2n) is 12.2. The van der Waals surface area contributed by atoms with E-state index in [9.17, 15) is 0 Å². The van der Waals surface area contributed by atoms with Crippen LogP contribution in [0, 0.1) is 0 Å². The van der Waals surface area contributed by atoms with Gasteiger partial charge in [-0.2, -0.15) is 0 Å². The Morgan fingerprint density at radius 3 is 2.07 bits per heavy atom. The van der Waals surface area contributed by atoms with Gasteiger partial charge in [0.25, 0.3) is 0 Å². The summed E-state index contributed by atoms with van der Waals surface area (Å²) in [5.74, 6) is -2.57. The number of alkyl halides is 1. The molecule has 0 bridgehead atoms. The molecule has 4 aliphatic rings. The van der Waals surface area contributed by atoms with Crippen molar-refractivity contribution in [2.75, 3.05) is 46.5 Å². The molecule has 9 atom stereocenters. The smallest absolute Gasteiger partial charge is 0.187 e. The van der Waals surface area contributed by atoms with E-state index in [1.807, 2.05) is 41.5 Å². The molecule has 41 heavy (non-hydrogen) atoms. The summed E-state index contributed by atoms with van der Waals surface area (Å²) in [4.78, 5) is 0.